The Kier molecular flexibility index (Phi) is 1.03. The van der Waals surface area contributed by atoms with Crippen molar-refractivity contribution >= 4 is 5.78 Å². The fourth-order valence-electron chi connectivity index (χ4n) is 0.958. The minimum Gasteiger partial charge on any atom is -0.485 e. The normalized spacial score (nSPS) is 22.2. The summed E-state index contributed by atoms with van der Waals surface area (Å²) in [7, 11) is 0. The maximum atomic E-state index is 10.7. The second kappa shape index (κ2) is 1.87. The van der Waals surface area contributed by atoms with Crippen molar-refractivity contribution in [2.24, 2.45) is 0 Å². The maximum Gasteiger partial charge on any atom is 0.196 e. The van der Waals surface area contributed by atoms with Crippen LogP contribution in [0.1, 0.15) is 0 Å². The number of ketones is 1. The molecule has 52 valence electrons. The van der Waals surface area contributed by atoms with Crippen LogP contribution in [0.5, 0.6) is 0 Å². The predicted molar refractivity (Wildman–Crippen MR) is 33.1 cm³/mol. The van der Waals surface area contributed by atoms with E-state index in [1.807, 2.05) is 6.08 Å². The van der Waals surface area contributed by atoms with Crippen molar-refractivity contribution in [3.8, 4) is 0 Å². The monoisotopic (exact) mass is 138 g/mol. The first kappa shape index (κ1) is 5.53. The Bertz CT molecular complexity index is 237. The van der Waals surface area contributed by atoms with Crippen molar-refractivity contribution in [1.82, 2.24) is 0 Å². The molecule has 0 unspecified atom stereocenters. The highest BCUT2D eigenvalue weighted by Crippen LogP contribution is 2.22. The van der Waals surface area contributed by atoms with Crippen LogP contribution in [0.25, 0.3) is 0 Å². The van der Waals surface area contributed by atoms with Gasteiger partial charge in [0.15, 0.2) is 23.9 Å². The van der Waals surface area contributed by atoms with Crippen LogP contribution in [0.4, 0.5) is 0 Å². The van der Waals surface area contributed by atoms with E-state index < -0.39 is 0 Å². The molecule has 0 saturated carbocycles. The fourth-order valence-corrected chi connectivity index (χ4v) is 0.958. The van der Waals surface area contributed by atoms with Crippen LogP contribution in [-0.4, -0.2) is 19.0 Å². The number of carbonyl (C=O) groups excluding carboxylic acids is 1. The van der Waals surface area contributed by atoms with Gasteiger partial charge in [-0.3, -0.25) is 4.79 Å². The van der Waals surface area contributed by atoms with Crippen molar-refractivity contribution in [1.29, 1.82) is 0 Å². The zero-order chi connectivity index (χ0) is 6.97. The summed E-state index contributed by atoms with van der Waals surface area (Å²) < 4.78 is 10.1. The summed E-state index contributed by atoms with van der Waals surface area (Å²) in [4.78, 5) is 10.7. The minimum atomic E-state index is -0.0333. The van der Waals surface area contributed by atoms with Gasteiger partial charge in [-0.1, -0.05) is 0 Å². The summed E-state index contributed by atoms with van der Waals surface area (Å²) in [6.07, 6.45) is 3.29. The van der Waals surface area contributed by atoms with Crippen LogP contribution in [0.2, 0.25) is 0 Å². The van der Waals surface area contributed by atoms with Gasteiger partial charge in [0.05, 0.1) is 0 Å². The molecule has 0 bridgehead atoms. The van der Waals surface area contributed by atoms with E-state index in [9.17, 15) is 4.79 Å². The van der Waals surface area contributed by atoms with E-state index in [1.54, 1.807) is 0 Å². The van der Waals surface area contributed by atoms with Crippen LogP contribution in [0, 0.1) is 0 Å². The SMILES string of the molecule is O=C1C=C2OCC=C2OC1. The molecule has 2 rings (SSSR count). The smallest absolute Gasteiger partial charge is 0.196 e. The quantitative estimate of drug-likeness (QED) is 0.485. The van der Waals surface area contributed by atoms with Crippen molar-refractivity contribution < 1.29 is 14.3 Å². The van der Waals surface area contributed by atoms with E-state index in [2.05, 4.69) is 0 Å². The Balaban J connectivity index is 2.36. The lowest BCUT2D eigenvalue weighted by Crippen LogP contribution is -2.12. The van der Waals surface area contributed by atoms with E-state index in [0.717, 1.165) is 0 Å². The van der Waals surface area contributed by atoms with E-state index in [1.165, 1.54) is 6.08 Å². The molecule has 10 heavy (non-hydrogen) atoms. The highest BCUT2D eigenvalue weighted by molar-refractivity contribution is 5.92. The van der Waals surface area contributed by atoms with Gasteiger partial charge >= 0.3 is 0 Å². The third-order valence-electron chi connectivity index (χ3n) is 1.41. The summed E-state index contributed by atoms with van der Waals surface area (Å²) in [5.41, 5.74) is 0. The summed E-state index contributed by atoms with van der Waals surface area (Å²) in [5, 5.41) is 0. The molecule has 2 heterocycles. The van der Waals surface area contributed by atoms with Crippen molar-refractivity contribution in [3.05, 3.63) is 23.7 Å². The molecule has 0 radical (unpaired) electrons. The zero-order valence-electron chi connectivity index (χ0n) is 5.29. The lowest BCUT2D eigenvalue weighted by atomic mass is 10.2. The highest BCUT2D eigenvalue weighted by Gasteiger charge is 2.20. The number of hydrogen-bond acceptors (Lipinski definition) is 3. The van der Waals surface area contributed by atoms with Gasteiger partial charge < -0.3 is 9.47 Å². The molecule has 2 aliphatic heterocycles. The third kappa shape index (κ3) is 0.708. The van der Waals surface area contributed by atoms with Crippen LogP contribution < -0.4 is 0 Å². The Labute approximate surface area is 57.9 Å². The molecule has 0 N–H and O–H groups in total. The second-order valence-corrected chi connectivity index (χ2v) is 2.14. The molecule has 2 aliphatic rings. The topological polar surface area (TPSA) is 35.5 Å². The van der Waals surface area contributed by atoms with Gasteiger partial charge in [0.1, 0.15) is 6.61 Å². The lowest BCUT2D eigenvalue weighted by Gasteiger charge is -2.10. The van der Waals surface area contributed by atoms with Crippen molar-refractivity contribution in [2.45, 2.75) is 0 Å². The van der Waals surface area contributed by atoms with E-state index in [-0.39, 0.29) is 12.4 Å². The molecule has 0 fully saturated rings. The molecular weight excluding hydrogens is 132 g/mol. The highest BCUT2D eigenvalue weighted by atomic mass is 16.5. The van der Waals surface area contributed by atoms with Crippen LogP contribution in [0.3, 0.4) is 0 Å². The lowest BCUT2D eigenvalue weighted by molar-refractivity contribution is -0.118. The number of ether oxygens (including phenoxy) is 2. The van der Waals surface area contributed by atoms with E-state index in [0.29, 0.717) is 18.1 Å². The summed E-state index contributed by atoms with van der Waals surface area (Å²) >= 11 is 0. The standard InChI is InChI=1S/C7H6O3/c8-5-3-7-6(10-4-5)1-2-9-7/h1,3H,2,4H2. The molecule has 0 aromatic rings. The first-order valence-electron chi connectivity index (χ1n) is 3.07. The van der Waals surface area contributed by atoms with Crippen LogP contribution >= 0.6 is 0 Å². The van der Waals surface area contributed by atoms with Gasteiger partial charge in [0, 0.05) is 6.08 Å². The van der Waals surface area contributed by atoms with Crippen LogP contribution in [-0.2, 0) is 14.3 Å². The molecule has 0 saturated heterocycles. The Morgan fingerprint density at radius 2 is 2.20 bits per heavy atom. The van der Waals surface area contributed by atoms with Gasteiger partial charge in [-0.25, -0.2) is 0 Å². The fraction of sp³-hybridized carbons (Fsp3) is 0.286. The van der Waals surface area contributed by atoms with E-state index in [4.69, 9.17) is 9.47 Å². The average Bonchev–Trinajstić information content (AvgIpc) is 2.33. The second-order valence-electron chi connectivity index (χ2n) is 2.14. The molecular formula is C7H6O3. The van der Waals surface area contributed by atoms with Gasteiger partial charge in [-0.2, -0.15) is 0 Å². The molecule has 0 atom stereocenters. The largest absolute Gasteiger partial charge is 0.485 e. The minimum absolute atomic E-state index is 0.0333. The third-order valence-corrected chi connectivity index (χ3v) is 1.41. The molecule has 3 heteroatoms. The van der Waals surface area contributed by atoms with Crippen molar-refractivity contribution in [3.63, 3.8) is 0 Å². The number of fused-ring (bicyclic) bond motifs is 1. The molecule has 0 aliphatic carbocycles. The van der Waals surface area contributed by atoms with Gasteiger partial charge in [-0.15, -0.1) is 0 Å². The predicted octanol–water partition coefficient (Wildman–Crippen LogP) is 0.384. The first-order chi connectivity index (χ1) is 4.86. The molecule has 0 spiro atoms. The molecule has 3 nitrogen and oxygen atoms in total. The van der Waals surface area contributed by atoms with Crippen molar-refractivity contribution in [2.75, 3.05) is 13.2 Å². The van der Waals surface area contributed by atoms with Crippen LogP contribution in [0.15, 0.2) is 23.7 Å². The Morgan fingerprint density at radius 1 is 1.30 bits per heavy atom. The van der Waals surface area contributed by atoms with E-state index >= 15 is 0 Å². The Morgan fingerprint density at radius 3 is 3.10 bits per heavy atom. The van der Waals surface area contributed by atoms with Gasteiger partial charge in [0.25, 0.3) is 0 Å². The zero-order valence-corrected chi connectivity index (χ0v) is 5.29. The summed E-state index contributed by atoms with van der Waals surface area (Å²) in [6, 6.07) is 0. The Hall–Kier alpha value is -1.25. The number of hydrogen-bond donors (Lipinski definition) is 0. The number of rotatable bonds is 0. The first-order valence-corrected chi connectivity index (χ1v) is 3.07. The summed E-state index contributed by atoms with van der Waals surface area (Å²) in [6.45, 7) is 0.674. The van der Waals surface area contributed by atoms with Gasteiger partial charge in [0.2, 0.25) is 0 Å². The average molecular weight is 138 g/mol. The maximum absolute atomic E-state index is 10.7. The molecule has 0 aromatic carbocycles. The summed E-state index contributed by atoms with van der Waals surface area (Å²) in [5.74, 6) is 1.25. The molecule has 0 amide bonds. The number of carbonyl (C=O) groups is 1. The van der Waals surface area contributed by atoms with Gasteiger partial charge in [-0.05, 0) is 6.08 Å². The molecule has 0 aromatic heterocycles.